The predicted molar refractivity (Wildman–Crippen MR) is 87.8 cm³/mol. The number of likely N-dealkylation sites (N-methyl/N-ethyl adjacent to an activating group) is 1. The van der Waals surface area contributed by atoms with Crippen molar-refractivity contribution in [2.24, 2.45) is 4.99 Å². The monoisotopic (exact) mass is 294 g/mol. The normalized spacial score (nSPS) is 21.9. The zero-order valence-electron chi connectivity index (χ0n) is 12.7. The molecular weight excluding hydrogens is 268 g/mol. The van der Waals surface area contributed by atoms with Crippen molar-refractivity contribution < 1.29 is 0 Å². The van der Waals surface area contributed by atoms with Crippen LogP contribution in [0.1, 0.15) is 31.2 Å². The van der Waals surface area contributed by atoms with Gasteiger partial charge in [0.25, 0.3) is 0 Å². The van der Waals surface area contributed by atoms with Crippen LogP contribution in [0.2, 0.25) is 0 Å². The minimum Gasteiger partial charge on any atom is -0.356 e. The highest BCUT2D eigenvalue weighted by molar-refractivity contribution is 7.07. The molecule has 1 aromatic rings. The molecule has 2 atom stereocenters. The molecule has 2 N–H and O–H groups in total. The van der Waals surface area contributed by atoms with Crippen LogP contribution in [0.4, 0.5) is 0 Å². The molecule has 0 aliphatic carbocycles. The summed E-state index contributed by atoms with van der Waals surface area (Å²) in [6, 6.07) is 2.84. The molecule has 0 bridgehead atoms. The van der Waals surface area contributed by atoms with Gasteiger partial charge in [0.1, 0.15) is 0 Å². The lowest BCUT2D eigenvalue weighted by molar-refractivity contribution is 0.309. The van der Waals surface area contributed by atoms with E-state index >= 15 is 0 Å². The molecule has 0 spiro atoms. The smallest absolute Gasteiger partial charge is 0.191 e. The molecule has 2 heterocycles. The van der Waals surface area contributed by atoms with E-state index in [1.807, 2.05) is 7.05 Å². The lowest BCUT2D eigenvalue weighted by Gasteiger charge is -2.22. The quantitative estimate of drug-likeness (QED) is 0.645. The topological polar surface area (TPSA) is 39.7 Å². The second-order valence-electron chi connectivity index (χ2n) is 5.57. The summed E-state index contributed by atoms with van der Waals surface area (Å²) in [6.07, 6.45) is 2.59. The Morgan fingerprint density at radius 2 is 2.40 bits per heavy atom. The Morgan fingerprint density at radius 1 is 1.55 bits per heavy atom. The summed E-state index contributed by atoms with van der Waals surface area (Å²) in [6.45, 7) is 5.35. The number of hydrogen-bond donors (Lipinski definition) is 2. The van der Waals surface area contributed by atoms with E-state index in [1.54, 1.807) is 11.3 Å². The molecule has 1 aromatic heterocycles. The highest BCUT2D eigenvalue weighted by Crippen LogP contribution is 2.17. The molecule has 4 nitrogen and oxygen atoms in total. The van der Waals surface area contributed by atoms with E-state index in [-0.39, 0.29) is 0 Å². The van der Waals surface area contributed by atoms with Crippen molar-refractivity contribution in [1.29, 1.82) is 0 Å². The fraction of sp³-hybridized carbons (Fsp3) is 0.667. The first kappa shape index (κ1) is 15.3. The SMILES string of the molecule is CN=C(NCC(C)c1ccsc1)NCC1CCCN1C. The van der Waals surface area contributed by atoms with Crippen molar-refractivity contribution >= 4 is 17.3 Å². The molecule has 5 heteroatoms. The molecule has 0 saturated carbocycles. The minimum atomic E-state index is 0.508. The molecule has 0 aromatic carbocycles. The van der Waals surface area contributed by atoms with Crippen LogP contribution in [0.5, 0.6) is 0 Å². The Kier molecular flexibility index (Phi) is 5.86. The third-order valence-electron chi connectivity index (χ3n) is 4.09. The molecule has 2 unspecified atom stereocenters. The zero-order valence-corrected chi connectivity index (χ0v) is 13.5. The molecule has 20 heavy (non-hydrogen) atoms. The van der Waals surface area contributed by atoms with E-state index in [9.17, 15) is 0 Å². The van der Waals surface area contributed by atoms with Gasteiger partial charge < -0.3 is 15.5 Å². The van der Waals surface area contributed by atoms with E-state index in [4.69, 9.17) is 0 Å². The average Bonchev–Trinajstić information content (AvgIpc) is 3.10. The summed E-state index contributed by atoms with van der Waals surface area (Å²) in [5.74, 6) is 1.42. The van der Waals surface area contributed by atoms with Gasteiger partial charge in [0, 0.05) is 26.2 Å². The molecule has 0 amide bonds. The van der Waals surface area contributed by atoms with Gasteiger partial charge in [-0.1, -0.05) is 6.92 Å². The fourth-order valence-electron chi connectivity index (χ4n) is 2.60. The molecule has 1 aliphatic rings. The third kappa shape index (κ3) is 4.21. The fourth-order valence-corrected chi connectivity index (χ4v) is 3.38. The number of hydrogen-bond acceptors (Lipinski definition) is 3. The minimum absolute atomic E-state index is 0.508. The number of nitrogens with zero attached hydrogens (tertiary/aromatic N) is 2. The van der Waals surface area contributed by atoms with Crippen LogP contribution in [0.3, 0.4) is 0 Å². The Hall–Kier alpha value is -1.07. The van der Waals surface area contributed by atoms with Gasteiger partial charge in [0.05, 0.1) is 0 Å². The summed E-state index contributed by atoms with van der Waals surface area (Å²) < 4.78 is 0. The highest BCUT2D eigenvalue weighted by atomic mass is 32.1. The van der Waals surface area contributed by atoms with Crippen LogP contribution >= 0.6 is 11.3 Å². The van der Waals surface area contributed by atoms with Gasteiger partial charge in [0.2, 0.25) is 0 Å². The summed E-state index contributed by atoms with van der Waals surface area (Å²) >= 11 is 1.76. The molecule has 1 aliphatic heterocycles. The van der Waals surface area contributed by atoms with Gasteiger partial charge in [-0.05, 0) is 54.7 Å². The number of nitrogens with one attached hydrogen (secondary N) is 2. The van der Waals surface area contributed by atoms with E-state index in [0.29, 0.717) is 12.0 Å². The van der Waals surface area contributed by atoms with Gasteiger partial charge in [-0.2, -0.15) is 11.3 Å². The van der Waals surface area contributed by atoms with Gasteiger partial charge in [-0.3, -0.25) is 4.99 Å². The Bertz CT molecular complexity index is 416. The van der Waals surface area contributed by atoms with E-state index in [2.05, 4.69) is 51.3 Å². The van der Waals surface area contributed by atoms with Crippen molar-refractivity contribution in [1.82, 2.24) is 15.5 Å². The highest BCUT2D eigenvalue weighted by Gasteiger charge is 2.20. The van der Waals surface area contributed by atoms with Gasteiger partial charge in [0.15, 0.2) is 5.96 Å². The molecule has 112 valence electrons. The molecule has 1 fully saturated rings. The summed E-state index contributed by atoms with van der Waals surface area (Å²) in [5.41, 5.74) is 1.40. The lowest BCUT2D eigenvalue weighted by atomic mass is 10.1. The van der Waals surface area contributed by atoms with Crippen molar-refractivity contribution in [2.45, 2.75) is 31.7 Å². The molecule has 0 radical (unpaired) electrons. The number of likely N-dealkylation sites (tertiary alicyclic amines) is 1. The van der Waals surface area contributed by atoms with Crippen molar-refractivity contribution in [2.75, 3.05) is 33.7 Å². The summed E-state index contributed by atoms with van der Waals surface area (Å²) in [5, 5.41) is 11.2. The maximum Gasteiger partial charge on any atom is 0.191 e. The van der Waals surface area contributed by atoms with E-state index in [1.165, 1.54) is 24.9 Å². The van der Waals surface area contributed by atoms with E-state index in [0.717, 1.165) is 19.0 Å². The van der Waals surface area contributed by atoms with Crippen LogP contribution in [0, 0.1) is 0 Å². The van der Waals surface area contributed by atoms with Gasteiger partial charge in [-0.15, -0.1) is 0 Å². The van der Waals surface area contributed by atoms with Crippen molar-refractivity contribution in [3.63, 3.8) is 0 Å². The maximum absolute atomic E-state index is 4.31. The first-order chi connectivity index (χ1) is 9.70. The Morgan fingerprint density at radius 3 is 3.00 bits per heavy atom. The number of guanidine groups is 1. The second-order valence-corrected chi connectivity index (χ2v) is 6.35. The van der Waals surface area contributed by atoms with Crippen LogP contribution < -0.4 is 10.6 Å². The predicted octanol–water partition coefficient (Wildman–Crippen LogP) is 2.11. The average molecular weight is 294 g/mol. The molecule has 2 rings (SSSR count). The summed E-state index contributed by atoms with van der Waals surface area (Å²) in [7, 11) is 4.04. The number of aliphatic imine (C=N–C) groups is 1. The molecule has 1 saturated heterocycles. The zero-order chi connectivity index (χ0) is 14.4. The van der Waals surface area contributed by atoms with Gasteiger partial charge in [-0.25, -0.2) is 0 Å². The third-order valence-corrected chi connectivity index (χ3v) is 4.79. The van der Waals surface area contributed by atoms with E-state index < -0.39 is 0 Å². The van der Waals surface area contributed by atoms with Gasteiger partial charge >= 0.3 is 0 Å². The Balaban J connectivity index is 1.72. The Labute approximate surface area is 126 Å². The summed E-state index contributed by atoms with van der Waals surface area (Å²) in [4.78, 5) is 6.73. The van der Waals surface area contributed by atoms with Crippen molar-refractivity contribution in [3.05, 3.63) is 22.4 Å². The van der Waals surface area contributed by atoms with Crippen LogP contribution in [-0.4, -0.2) is 50.6 Å². The van der Waals surface area contributed by atoms with Crippen LogP contribution in [0.15, 0.2) is 21.8 Å². The first-order valence-electron chi connectivity index (χ1n) is 7.37. The lowest BCUT2D eigenvalue weighted by Crippen LogP contribution is -2.44. The second kappa shape index (κ2) is 7.64. The number of rotatable bonds is 5. The standard InChI is InChI=1S/C15H26N4S/c1-12(13-6-8-20-11-13)9-17-15(16-2)18-10-14-5-4-7-19(14)3/h6,8,11-12,14H,4-5,7,9-10H2,1-3H3,(H2,16,17,18). The largest absolute Gasteiger partial charge is 0.356 e. The van der Waals surface area contributed by atoms with Crippen molar-refractivity contribution in [3.8, 4) is 0 Å². The first-order valence-corrected chi connectivity index (χ1v) is 8.32. The number of thiophene rings is 1. The van der Waals surface area contributed by atoms with Crippen LogP contribution in [0.25, 0.3) is 0 Å². The van der Waals surface area contributed by atoms with Crippen LogP contribution in [-0.2, 0) is 0 Å². The molecular formula is C15H26N4S. The maximum atomic E-state index is 4.31.